The third kappa shape index (κ3) is 3.57. The van der Waals surface area contributed by atoms with Gasteiger partial charge in [-0.25, -0.2) is 0 Å². The first-order valence-electron chi connectivity index (χ1n) is 15.8. The maximum atomic E-state index is 6.78. The average Bonchev–Trinajstić information content (AvgIpc) is 3.75. The smallest absolute Gasteiger partial charge is 0.158 e. The van der Waals surface area contributed by atoms with E-state index in [1.165, 1.54) is 5.56 Å². The molecule has 1 unspecified atom stereocenters. The summed E-state index contributed by atoms with van der Waals surface area (Å²) in [5, 5.41) is 3.38. The van der Waals surface area contributed by atoms with Gasteiger partial charge in [-0.15, -0.1) is 0 Å². The number of para-hydroxylation sites is 2. The number of hydrogen-bond donors (Lipinski definition) is 0. The number of furan rings is 1. The molecule has 0 aliphatic heterocycles. The van der Waals surface area contributed by atoms with Gasteiger partial charge in [-0.3, -0.25) is 9.97 Å². The van der Waals surface area contributed by atoms with Crippen molar-refractivity contribution in [3.05, 3.63) is 139 Å². The van der Waals surface area contributed by atoms with Crippen LogP contribution in [0.5, 0.6) is 0 Å². The average molecular weight is 593 g/mol. The Morgan fingerprint density at radius 1 is 0.630 bits per heavy atom. The zero-order valence-corrected chi connectivity index (χ0v) is 25.2. The quantitative estimate of drug-likeness (QED) is 0.205. The fraction of sp³-hybridized carbons (Fsp3) is 0.0732. The molecular formula is C41H28N4O. The van der Waals surface area contributed by atoms with Crippen LogP contribution in [0.4, 0.5) is 0 Å². The summed E-state index contributed by atoms with van der Waals surface area (Å²) in [6.45, 7) is 2.24. The van der Waals surface area contributed by atoms with Crippen LogP contribution in [-0.2, 0) is 6.42 Å². The van der Waals surface area contributed by atoms with Gasteiger partial charge in [0.2, 0.25) is 0 Å². The summed E-state index contributed by atoms with van der Waals surface area (Å²) in [7, 11) is 0. The van der Waals surface area contributed by atoms with E-state index in [2.05, 4.69) is 125 Å². The summed E-state index contributed by atoms with van der Waals surface area (Å²) in [4.78, 5) is 9.68. The van der Waals surface area contributed by atoms with Gasteiger partial charge < -0.3 is 13.6 Å². The van der Waals surface area contributed by atoms with E-state index in [1.54, 1.807) is 0 Å². The van der Waals surface area contributed by atoms with Gasteiger partial charge in [0.05, 0.1) is 38.8 Å². The first-order chi connectivity index (χ1) is 22.7. The Labute approximate surface area is 264 Å². The van der Waals surface area contributed by atoms with Crippen LogP contribution in [0.2, 0.25) is 0 Å². The lowest BCUT2D eigenvalue weighted by Gasteiger charge is -2.12. The number of allylic oxidation sites excluding steroid dienone is 1. The Kier molecular flexibility index (Phi) is 5.26. The van der Waals surface area contributed by atoms with Crippen molar-refractivity contribution in [1.82, 2.24) is 19.1 Å². The van der Waals surface area contributed by atoms with Gasteiger partial charge >= 0.3 is 0 Å². The first-order valence-corrected chi connectivity index (χ1v) is 15.8. The zero-order chi connectivity index (χ0) is 30.4. The summed E-state index contributed by atoms with van der Waals surface area (Å²) in [6.07, 6.45) is 9.19. The molecule has 5 heteroatoms. The summed E-state index contributed by atoms with van der Waals surface area (Å²) < 4.78 is 11.4. The Bertz CT molecular complexity index is 2640. The predicted octanol–water partition coefficient (Wildman–Crippen LogP) is 10.3. The number of hydrogen-bond acceptors (Lipinski definition) is 3. The number of nitrogens with zero attached hydrogens (tertiary/aromatic N) is 4. The molecule has 0 amide bonds. The van der Waals surface area contributed by atoms with Crippen LogP contribution in [0.3, 0.4) is 0 Å². The van der Waals surface area contributed by atoms with E-state index < -0.39 is 0 Å². The molecule has 5 nitrogen and oxygen atoms in total. The monoisotopic (exact) mass is 592 g/mol. The van der Waals surface area contributed by atoms with E-state index in [4.69, 9.17) is 14.4 Å². The van der Waals surface area contributed by atoms with Gasteiger partial charge in [-0.1, -0.05) is 61.5 Å². The highest BCUT2D eigenvalue weighted by atomic mass is 16.3. The van der Waals surface area contributed by atoms with E-state index in [1.807, 2.05) is 24.5 Å². The summed E-state index contributed by atoms with van der Waals surface area (Å²) in [6, 6.07) is 38.7. The second kappa shape index (κ2) is 9.53. The molecule has 10 rings (SSSR count). The van der Waals surface area contributed by atoms with Crippen molar-refractivity contribution >= 4 is 60.9 Å². The molecule has 4 aromatic carbocycles. The number of aromatic nitrogens is 4. The second-order valence-corrected chi connectivity index (χ2v) is 12.3. The number of fused-ring (bicyclic) bond motifs is 9. The van der Waals surface area contributed by atoms with Crippen LogP contribution in [0.25, 0.3) is 83.4 Å². The lowest BCUT2D eigenvalue weighted by molar-refractivity contribution is 0.512. The van der Waals surface area contributed by atoms with Crippen molar-refractivity contribution in [1.29, 1.82) is 0 Å². The normalized spacial score (nSPS) is 14.7. The molecule has 1 aliphatic carbocycles. The standard InChI is InChI=1S/C41H28N4O/c1-25-15-17-29-31-23-27(26-16-18-34-32(22-26)40-35(13-7-20-43-40)44(34)28-9-3-2-4-10-28)24-37(41(31)46-38(29)21-25)45-33-12-6-5-11-30(33)39-36(45)14-8-19-42-39/h2-20,22-25H,21H2,1H3. The van der Waals surface area contributed by atoms with E-state index >= 15 is 0 Å². The lowest BCUT2D eigenvalue weighted by atomic mass is 9.93. The molecule has 1 aliphatic rings. The maximum absolute atomic E-state index is 6.78. The Hall–Kier alpha value is -5.94. The molecule has 0 saturated heterocycles. The lowest BCUT2D eigenvalue weighted by Crippen LogP contribution is -2.00. The predicted molar refractivity (Wildman–Crippen MR) is 188 cm³/mol. The van der Waals surface area contributed by atoms with Crippen molar-refractivity contribution in [3.63, 3.8) is 0 Å². The van der Waals surface area contributed by atoms with Gasteiger partial charge in [-0.2, -0.15) is 0 Å². The molecule has 0 fully saturated rings. The third-order valence-corrected chi connectivity index (χ3v) is 9.52. The van der Waals surface area contributed by atoms with Gasteiger partial charge in [-0.05, 0) is 83.8 Å². The van der Waals surface area contributed by atoms with Gasteiger partial charge in [0.15, 0.2) is 5.58 Å². The Morgan fingerprint density at radius 3 is 2.17 bits per heavy atom. The summed E-state index contributed by atoms with van der Waals surface area (Å²) in [5.41, 5.74) is 12.9. The van der Waals surface area contributed by atoms with Crippen LogP contribution in [0.1, 0.15) is 18.2 Å². The molecular weight excluding hydrogens is 564 g/mol. The highest BCUT2D eigenvalue weighted by molar-refractivity contribution is 6.11. The van der Waals surface area contributed by atoms with Crippen LogP contribution in [0.15, 0.2) is 132 Å². The van der Waals surface area contributed by atoms with Crippen LogP contribution >= 0.6 is 0 Å². The number of benzene rings is 4. The minimum absolute atomic E-state index is 0.435. The van der Waals surface area contributed by atoms with E-state index in [-0.39, 0.29) is 0 Å². The maximum Gasteiger partial charge on any atom is 0.158 e. The molecule has 5 heterocycles. The number of pyridine rings is 2. The third-order valence-electron chi connectivity index (χ3n) is 9.52. The van der Waals surface area contributed by atoms with Gasteiger partial charge in [0, 0.05) is 46.2 Å². The fourth-order valence-corrected chi connectivity index (χ4v) is 7.45. The SMILES string of the molecule is CC1C=Cc2c(oc3c(-n4c5ccccc5c5ncccc54)cc(-c4ccc5c(c4)c4ncccc4n5-c4ccccc4)cc23)C1. The minimum Gasteiger partial charge on any atom is -0.458 e. The molecule has 5 aromatic heterocycles. The van der Waals surface area contributed by atoms with Crippen LogP contribution in [-0.4, -0.2) is 19.1 Å². The first kappa shape index (κ1) is 25.4. The topological polar surface area (TPSA) is 48.8 Å². The summed E-state index contributed by atoms with van der Waals surface area (Å²) in [5.74, 6) is 1.48. The number of rotatable bonds is 3. The Balaban J connectivity index is 1.28. The summed E-state index contributed by atoms with van der Waals surface area (Å²) >= 11 is 0. The molecule has 1 atom stereocenters. The van der Waals surface area contributed by atoms with Crippen molar-refractivity contribution in [3.8, 4) is 22.5 Å². The molecule has 9 aromatic rings. The van der Waals surface area contributed by atoms with E-state index in [9.17, 15) is 0 Å². The molecule has 46 heavy (non-hydrogen) atoms. The highest BCUT2D eigenvalue weighted by Crippen LogP contribution is 2.42. The van der Waals surface area contributed by atoms with Gasteiger partial charge in [0.1, 0.15) is 5.76 Å². The van der Waals surface area contributed by atoms with Crippen molar-refractivity contribution < 1.29 is 4.42 Å². The Morgan fingerprint density at radius 2 is 1.33 bits per heavy atom. The molecule has 0 N–H and O–H groups in total. The van der Waals surface area contributed by atoms with Crippen molar-refractivity contribution in [2.75, 3.05) is 0 Å². The second-order valence-electron chi connectivity index (χ2n) is 12.3. The molecule has 0 bridgehead atoms. The van der Waals surface area contributed by atoms with Crippen LogP contribution < -0.4 is 0 Å². The fourth-order valence-electron chi connectivity index (χ4n) is 7.45. The highest BCUT2D eigenvalue weighted by Gasteiger charge is 2.24. The minimum atomic E-state index is 0.435. The molecule has 0 radical (unpaired) electrons. The largest absolute Gasteiger partial charge is 0.458 e. The molecule has 0 spiro atoms. The molecule has 218 valence electrons. The van der Waals surface area contributed by atoms with Crippen LogP contribution in [0, 0.1) is 5.92 Å². The van der Waals surface area contributed by atoms with Crippen molar-refractivity contribution in [2.24, 2.45) is 5.92 Å². The van der Waals surface area contributed by atoms with E-state index in [0.29, 0.717) is 5.92 Å². The van der Waals surface area contributed by atoms with E-state index in [0.717, 1.165) is 89.5 Å². The van der Waals surface area contributed by atoms with Gasteiger partial charge in [0.25, 0.3) is 0 Å². The zero-order valence-electron chi connectivity index (χ0n) is 25.2. The van der Waals surface area contributed by atoms with Crippen molar-refractivity contribution in [2.45, 2.75) is 13.3 Å². The molecule has 0 saturated carbocycles.